The minimum atomic E-state index is -4.17. The molecule has 17 heteroatoms. The highest BCUT2D eigenvalue weighted by molar-refractivity contribution is 7.90. The van der Waals surface area contributed by atoms with E-state index in [0.717, 1.165) is 28.7 Å². The Hall–Kier alpha value is -6.62. The van der Waals surface area contributed by atoms with Gasteiger partial charge in [-0.2, -0.15) is 0 Å². The van der Waals surface area contributed by atoms with Crippen molar-refractivity contribution < 1.29 is 46.9 Å². The third-order valence-corrected chi connectivity index (χ3v) is 11.9. The van der Waals surface area contributed by atoms with Gasteiger partial charge in [-0.25, -0.2) is 13.1 Å². The first-order valence-corrected chi connectivity index (χ1v) is 21.6. The minimum absolute atomic E-state index is 0.0270. The van der Waals surface area contributed by atoms with E-state index in [1.807, 2.05) is 81.4 Å². The van der Waals surface area contributed by atoms with E-state index in [9.17, 15) is 27.6 Å². The highest BCUT2D eigenvalue weighted by Crippen LogP contribution is 2.42. The summed E-state index contributed by atoms with van der Waals surface area (Å²) in [5.41, 5.74) is 10.2. The Labute approximate surface area is 361 Å². The first kappa shape index (κ1) is 46.4. The zero-order chi connectivity index (χ0) is 45.0. The molecule has 0 fully saturated rings. The average molecular weight is 871 g/mol. The maximum Gasteiger partial charge on any atom is 0.322 e. The molecule has 5 rings (SSSR count). The Balaban J connectivity index is 1.33. The van der Waals surface area contributed by atoms with Crippen molar-refractivity contribution in [2.75, 3.05) is 19.6 Å². The number of guanidine groups is 1. The Morgan fingerprint density at radius 3 is 2.15 bits per heavy atom. The normalized spacial score (nSPS) is 13.7. The van der Waals surface area contributed by atoms with Gasteiger partial charge in [0.2, 0.25) is 17.8 Å². The third-order valence-electron chi connectivity index (χ3n) is 10.3. The summed E-state index contributed by atoms with van der Waals surface area (Å²) < 4.78 is 48.4. The van der Waals surface area contributed by atoms with Crippen molar-refractivity contribution >= 4 is 39.7 Å². The fraction of sp³-hybridized carbons (Fsp3) is 0.356. The lowest BCUT2D eigenvalue weighted by Crippen LogP contribution is -2.49. The average Bonchev–Trinajstić information content (AvgIpc) is 3.23. The van der Waals surface area contributed by atoms with E-state index < -0.39 is 52.8 Å². The minimum Gasteiger partial charge on any atom is -0.487 e. The lowest BCUT2D eigenvalue weighted by atomic mass is 9.88. The number of aliphatic imine (C=N–C) groups is 1. The van der Waals surface area contributed by atoms with Crippen LogP contribution in [0.5, 0.6) is 17.2 Å². The number of nitrogens with zero attached hydrogens (tertiary/aromatic N) is 1. The van der Waals surface area contributed by atoms with Gasteiger partial charge >= 0.3 is 5.97 Å². The van der Waals surface area contributed by atoms with Gasteiger partial charge in [-0.15, -0.1) is 0 Å². The molecule has 4 aromatic carbocycles. The smallest absolute Gasteiger partial charge is 0.322 e. The summed E-state index contributed by atoms with van der Waals surface area (Å²) in [6, 6.07) is 22.3. The number of nitrogens with two attached hydrogens (primary N) is 1. The second-order valence-electron chi connectivity index (χ2n) is 15.5. The summed E-state index contributed by atoms with van der Waals surface area (Å²) in [5, 5.41) is 16.2. The Kier molecular flexibility index (Phi) is 15.6. The number of ether oxygens (including phenoxy) is 3. The van der Waals surface area contributed by atoms with Gasteiger partial charge in [-0.1, -0.05) is 66.7 Å². The number of carboxylic acid groups (broad SMARTS) is 1. The number of carboxylic acids is 1. The van der Waals surface area contributed by atoms with Crippen LogP contribution in [0.25, 0.3) is 0 Å². The summed E-state index contributed by atoms with van der Waals surface area (Å²) >= 11 is 0. The molecular weight excluding hydrogens is 817 g/mol. The molecule has 3 amide bonds. The number of nitrogens with one attached hydrogen (secondary N) is 4. The summed E-state index contributed by atoms with van der Waals surface area (Å²) in [5.74, 6) is -2.71. The number of benzene rings is 4. The number of amides is 3. The van der Waals surface area contributed by atoms with Crippen LogP contribution in [0.4, 0.5) is 0 Å². The Morgan fingerprint density at radius 2 is 1.50 bits per heavy atom. The molecule has 1 heterocycles. The van der Waals surface area contributed by atoms with Crippen LogP contribution in [0.3, 0.4) is 0 Å². The van der Waals surface area contributed by atoms with Gasteiger partial charge in [0, 0.05) is 6.54 Å². The fourth-order valence-corrected chi connectivity index (χ4v) is 8.45. The molecule has 0 spiro atoms. The molecule has 16 nitrogen and oxygen atoms in total. The van der Waals surface area contributed by atoms with Gasteiger partial charge in [0.1, 0.15) is 37.2 Å². The largest absolute Gasteiger partial charge is 0.487 e. The van der Waals surface area contributed by atoms with Crippen molar-refractivity contribution in [1.29, 1.82) is 0 Å². The van der Waals surface area contributed by atoms with Crippen LogP contribution in [-0.4, -0.2) is 74.5 Å². The number of rotatable bonds is 19. The predicted molar refractivity (Wildman–Crippen MR) is 233 cm³/mol. The van der Waals surface area contributed by atoms with E-state index >= 15 is 0 Å². The standard InChI is InChI=1S/C45H54N6O10S/c1-28-29(2)41(30(3)33-21-22-45(4,5)61-39(28)33)62(57,58)51-44(46)47-23-13-19-35(43(56)49-24-37(52)48-25-38(53)54)50-42(55)34-18-12-20-36(59-26-31-14-8-6-9-15-31)40(34)60-27-32-16-10-7-11-17-32/h6-12,14-18,20,35H,13,19,21-27H2,1-5H3,(H,48,52)(H,49,56)(H,50,55)(H,53,54)(H3,46,47,51)/t35-/m1/s1. The third kappa shape index (κ3) is 12.5. The molecule has 1 atom stereocenters. The monoisotopic (exact) mass is 870 g/mol. The van der Waals surface area contributed by atoms with Crippen LogP contribution >= 0.6 is 0 Å². The lowest BCUT2D eigenvalue weighted by Gasteiger charge is -2.35. The van der Waals surface area contributed by atoms with E-state index in [-0.39, 0.29) is 66.1 Å². The molecule has 4 aromatic rings. The van der Waals surface area contributed by atoms with Crippen molar-refractivity contribution in [1.82, 2.24) is 20.7 Å². The van der Waals surface area contributed by atoms with E-state index in [4.69, 9.17) is 25.1 Å². The number of hydrogen-bond acceptors (Lipinski definition) is 10. The van der Waals surface area contributed by atoms with Crippen LogP contribution in [0.15, 0.2) is 88.8 Å². The summed E-state index contributed by atoms with van der Waals surface area (Å²) in [4.78, 5) is 55.1. The second-order valence-corrected chi connectivity index (χ2v) is 17.1. The summed E-state index contributed by atoms with van der Waals surface area (Å²) in [6.07, 6.45) is 1.47. The highest BCUT2D eigenvalue weighted by atomic mass is 32.2. The number of carbonyl (C=O) groups is 4. The van der Waals surface area contributed by atoms with Crippen molar-refractivity contribution in [3.63, 3.8) is 0 Å². The van der Waals surface area contributed by atoms with Crippen molar-refractivity contribution in [3.8, 4) is 17.2 Å². The molecular formula is C45H54N6O10S. The molecule has 0 unspecified atom stereocenters. The molecule has 7 N–H and O–H groups in total. The van der Waals surface area contributed by atoms with Crippen LogP contribution < -0.4 is 40.6 Å². The number of hydrogen-bond donors (Lipinski definition) is 6. The molecule has 0 bridgehead atoms. The first-order chi connectivity index (χ1) is 29.5. The van der Waals surface area contributed by atoms with Crippen LogP contribution in [0.2, 0.25) is 0 Å². The van der Waals surface area contributed by atoms with Gasteiger partial charge in [-0.05, 0) is 106 Å². The second kappa shape index (κ2) is 20.8. The zero-order valence-corrected chi connectivity index (χ0v) is 36.3. The van der Waals surface area contributed by atoms with Gasteiger partial charge in [0.15, 0.2) is 11.5 Å². The van der Waals surface area contributed by atoms with E-state index in [1.54, 1.807) is 26.0 Å². The molecule has 0 saturated heterocycles. The zero-order valence-electron chi connectivity index (χ0n) is 35.5. The van der Waals surface area contributed by atoms with Gasteiger partial charge in [0.05, 0.1) is 17.0 Å². The maximum atomic E-state index is 14.1. The van der Waals surface area contributed by atoms with E-state index in [2.05, 4.69) is 25.7 Å². The van der Waals surface area contributed by atoms with E-state index in [0.29, 0.717) is 23.3 Å². The fourth-order valence-electron chi connectivity index (χ4n) is 6.92. The molecule has 1 aliphatic rings. The number of para-hydroxylation sites is 1. The number of carbonyl (C=O) groups excluding carboxylic acids is 3. The number of fused-ring (bicyclic) bond motifs is 1. The van der Waals surface area contributed by atoms with Crippen molar-refractivity contribution in [3.05, 3.63) is 118 Å². The van der Waals surface area contributed by atoms with Crippen molar-refractivity contribution in [2.45, 2.75) is 90.1 Å². The molecule has 1 aliphatic heterocycles. The highest BCUT2D eigenvalue weighted by Gasteiger charge is 2.34. The Morgan fingerprint density at radius 1 is 0.855 bits per heavy atom. The molecule has 0 radical (unpaired) electrons. The number of aliphatic carboxylic acids is 1. The maximum absolute atomic E-state index is 14.1. The molecule has 0 aromatic heterocycles. The lowest BCUT2D eigenvalue weighted by molar-refractivity contribution is -0.137. The van der Waals surface area contributed by atoms with Gasteiger partial charge < -0.3 is 41.0 Å². The van der Waals surface area contributed by atoms with Crippen molar-refractivity contribution in [2.24, 2.45) is 10.7 Å². The quantitative estimate of drug-likeness (QED) is 0.0440. The molecule has 0 aliphatic carbocycles. The summed E-state index contributed by atoms with van der Waals surface area (Å²) in [6.45, 7) is 8.31. The van der Waals surface area contributed by atoms with Crippen LogP contribution in [-0.2, 0) is 44.0 Å². The SMILES string of the molecule is Cc1c(C)c(S(=O)(=O)NC(N)=NCCC[C@@H](NC(=O)c2cccc(OCc3ccccc3)c2OCc2ccccc2)C(=O)NCC(=O)NCC(=O)O)c(C)c2c1OC(C)(C)CC2. The number of sulfonamides is 1. The summed E-state index contributed by atoms with van der Waals surface area (Å²) in [7, 11) is -4.17. The molecule has 0 saturated carbocycles. The Bertz CT molecular complexity index is 2410. The molecule has 62 heavy (non-hydrogen) atoms. The van der Waals surface area contributed by atoms with Crippen LogP contribution in [0.1, 0.15) is 76.8 Å². The van der Waals surface area contributed by atoms with Crippen LogP contribution in [0, 0.1) is 20.8 Å². The van der Waals surface area contributed by atoms with E-state index in [1.165, 1.54) is 6.07 Å². The molecule has 330 valence electrons. The topological polar surface area (TPSA) is 237 Å². The van der Waals surface area contributed by atoms with Gasteiger partial charge in [-0.3, -0.25) is 24.2 Å². The predicted octanol–water partition coefficient (Wildman–Crippen LogP) is 4.36. The van der Waals surface area contributed by atoms with Gasteiger partial charge in [0.25, 0.3) is 15.9 Å². The first-order valence-electron chi connectivity index (χ1n) is 20.1.